The van der Waals surface area contributed by atoms with Gasteiger partial charge in [0.05, 0.1) is 4.90 Å². The number of sulfonamides is 1. The van der Waals surface area contributed by atoms with E-state index >= 15 is 0 Å². The number of nitrogens with zero attached hydrogens (tertiary/aromatic N) is 1. The Hall–Kier alpha value is -1.55. The fraction of sp³-hybridized carbons (Fsp3) is 0.467. The van der Waals surface area contributed by atoms with Crippen molar-refractivity contribution in [2.75, 3.05) is 31.1 Å². The van der Waals surface area contributed by atoms with Gasteiger partial charge in [-0.2, -0.15) is 0 Å². The van der Waals surface area contributed by atoms with Crippen LogP contribution in [0.15, 0.2) is 29.2 Å². The molecule has 0 bridgehead atoms. The van der Waals surface area contributed by atoms with E-state index in [9.17, 15) is 8.42 Å². The van der Waals surface area contributed by atoms with Crippen molar-refractivity contribution < 1.29 is 8.42 Å². The van der Waals surface area contributed by atoms with E-state index in [0.717, 1.165) is 25.3 Å². The molecule has 1 aliphatic rings. The predicted molar refractivity (Wildman–Crippen MR) is 84.8 cm³/mol. The minimum Gasteiger partial charge on any atom is -0.355 e. The van der Waals surface area contributed by atoms with Gasteiger partial charge in [0.15, 0.2) is 0 Å². The van der Waals surface area contributed by atoms with Crippen LogP contribution in [0, 0.1) is 11.8 Å². The van der Waals surface area contributed by atoms with E-state index in [0.29, 0.717) is 11.4 Å². The first-order chi connectivity index (χ1) is 10.1. The molecule has 0 saturated carbocycles. The van der Waals surface area contributed by atoms with Crippen LogP contribution in [0.5, 0.6) is 0 Å². The van der Waals surface area contributed by atoms with E-state index in [-0.39, 0.29) is 6.04 Å². The summed E-state index contributed by atoms with van der Waals surface area (Å²) in [6.07, 6.45) is 0. The SMILES string of the molecule is CC#CC1CNCCN1c1ccc(S(=O)(=O)NCC)cc1. The molecule has 0 spiro atoms. The third-order valence-corrected chi connectivity index (χ3v) is 4.93. The number of anilines is 1. The van der Waals surface area contributed by atoms with Gasteiger partial charge in [-0.25, -0.2) is 13.1 Å². The Morgan fingerprint density at radius 1 is 1.38 bits per heavy atom. The van der Waals surface area contributed by atoms with Crippen LogP contribution < -0.4 is 14.9 Å². The summed E-state index contributed by atoms with van der Waals surface area (Å²) < 4.78 is 26.4. The molecule has 5 nitrogen and oxygen atoms in total. The van der Waals surface area contributed by atoms with Crippen LogP contribution in [-0.4, -0.2) is 40.6 Å². The number of hydrogen-bond donors (Lipinski definition) is 2. The third-order valence-electron chi connectivity index (χ3n) is 3.37. The zero-order valence-electron chi connectivity index (χ0n) is 12.4. The summed E-state index contributed by atoms with van der Waals surface area (Å²) in [4.78, 5) is 2.50. The summed E-state index contributed by atoms with van der Waals surface area (Å²) in [6, 6.07) is 7.11. The van der Waals surface area contributed by atoms with Crippen molar-refractivity contribution in [3.63, 3.8) is 0 Å². The van der Waals surface area contributed by atoms with Crippen molar-refractivity contribution in [1.82, 2.24) is 10.0 Å². The lowest BCUT2D eigenvalue weighted by Crippen LogP contribution is -2.50. The van der Waals surface area contributed by atoms with E-state index in [1.807, 2.05) is 19.1 Å². The molecule has 1 saturated heterocycles. The van der Waals surface area contributed by atoms with Gasteiger partial charge in [-0.3, -0.25) is 0 Å². The molecule has 2 N–H and O–H groups in total. The van der Waals surface area contributed by atoms with E-state index in [1.54, 1.807) is 19.1 Å². The van der Waals surface area contributed by atoms with Gasteiger partial charge in [-0.05, 0) is 31.2 Å². The van der Waals surface area contributed by atoms with Crippen LogP contribution in [-0.2, 0) is 10.0 Å². The van der Waals surface area contributed by atoms with Gasteiger partial charge in [0.2, 0.25) is 10.0 Å². The molecule has 1 fully saturated rings. The van der Waals surface area contributed by atoms with Gasteiger partial charge >= 0.3 is 0 Å². The number of benzene rings is 1. The Morgan fingerprint density at radius 2 is 2.10 bits per heavy atom. The molecule has 0 radical (unpaired) electrons. The van der Waals surface area contributed by atoms with Crippen LogP contribution in [0.25, 0.3) is 0 Å². The average molecular weight is 307 g/mol. The van der Waals surface area contributed by atoms with Gasteiger partial charge in [0.25, 0.3) is 0 Å². The van der Waals surface area contributed by atoms with E-state index in [2.05, 4.69) is 26.8 Å². The summed E-state index contributed by atoms with van der Waals surface area (Å²) in [5, 5.41) is 3.32. The van der Waals surface area contributed by atoms with Crippen LogP contribution in [0.2, 0.25) is 0 Å². The number of rotatable bonds is 4. The van der Waals surface area contributed by atoms with Gasteiger partial charge in [-0.1, -0.05) is 12.8 Å². The number of hydrogen-bond acceptors (Lipinski definition) is 4. The third kappa shape index (κ3) is 3.76. The molecule has 1 unspecified atom stereocenters. The average Bonchev–Trinajstić information content (AvgIpc) is 2.48. The van der Waals surface area contributed by atoms with Crippen molar-refractivity contribution in [2.45, 2.75) is 24.8 Å². The molecule has 2 rings (SSSR count). The maximum atomic E-state index is 11.9. The number of nitrogens with one attached hydrogen (secondary N) is 2. The molecular weight excluding hydrogens is 286 g/mol. The van der Waals surface area contributed by atoms with Crippen LogP contribution in [0.4, 0.5) is 5.69 Å². The lowest BCUT2D eigenvalue weighted by Gasteiger charge is -2.35. The summed E-state index contributed by atoms with van der Waals surface area (Å²) in [7, 11) is -3.39. The zero-order chi connectivity index (χ0) is 15.3. The van der Waals surface area contributed by atoms with Crippen molar-refractivity contribution in [2.24, 2.45) is 0 Å². The predicted octanol–water partition coefficient (Wildman–Crippen LogP) is 0.786. The highest BCUT2D eigenvalue weighted by Gasteiger charge is 2.21. The maximum Gasteiger partial charge on any atom is 0.240 e. The first-order valence-electron chi connectivity index (χ1n) is 7.08. The first-order valence-corrected chi connectivity index (χ1v) is 8.56. The van der Waals surface area contributed by atoms with E-state index < -0.39 is 10.0 Å². The highest BCUT2D eigenvalue weighted by Crippen LogP contribution is 2.20. The second-order valence-corrected chi connectivity index (χ2v) is 6.57. The smallest absolute Gasteiger partial charge is 0.240 e. The fourth-order valence-electron chi connectivity index (χ4n) is 2.40. The minimum absolute atomic E-state index is 0.125. The van der Waals surface area contributed by atoms with Crippen LogP contribution in [0.3, 0.4) is 0 Å². The van der Waals surface area contributed by atoms with Gasteiger partial charge in [0.1, 0.15) is 6.04 Å². The Balaban J connectivity index is 2.23. The van der Waals surface area contributed by atoms with Crippen molar-refractivity contribution >= 4 is 15.7 Å². The standard InChI is InChI=1S/C15H21N3O2S/c1-3-5-14-12-16-10-11-18(14)13-6-8-15(9-7-13)21(19,20)17-4-2/h6-9,14,16-17H,4,10-12H2,1-2H3. The highest BCUT2D eigenvalue weighted by atomic mass is 32.2. The Morgan fingerprint density at radius 3 is 2.71 bits per heavy atom. The molecule has 6 heteroatoms. The van der Waals surface area contributed by atoms with E-state index in [1.165, 1.54) is 0 Å². The maximum absolute atomic E-state index is 11.9. The second kappa shape index (κ2) is 6.94. The quantitative estimate of drug-likeness (QED) is 0.807. The molecule has 0 amide bonds. The highest BCUT2D eigenvalue weighted by molar-refractivity contribution is 7.89. The van der Waals surface area contributed by atoms with Crippen molar-refractivity contribution in [3.05, 3.63) is 24.3 Å². The van der Waals surface area contributed by atoms with Gasteiger partial charge in [-0.15, -0.1) is 5.92 Å². The Bertz CT molecular complexity index is 629. The van der Waals surface area contributed by atoms with Crippen molar-refractivity contribution in [3.8, 4) is 11.8 Å². The van der Waals surface area contributed by atoms with Gasteiger partial charge < -0.3 is 10.2 Å². The normalized spacial score (nSPS) is 19.0. The lowest BCUT2D eigenvalue weighted by atomic mass is 10.1. The second-order valence-electron chi connectivity index (χ2n) is 4.80. The molecular formula is C15H21N3O2S. The van der Waals surface area contributed by atoms with Crippen LogP contribution >= 0.6 is 0 Å². The number of piperazine rings is 1. The van der Waals surface area contributed by atoms with Crippen molar-refractivity contribution in [1.29, 1.82) is 0 Å². The summed E-state index contributed by atoms with van der Waals surface area (Å²) in [6.45, 7) is 6.56. The Kier molecular flexibility index (Phi) is 5.23. The van der Waals surface area contributed by atoms with E-state index in [4.69, 9.17) is 0 Å². The summed E-state index contributed by atoms with van der Waals surface area (Å²) in [5.41, 5.74) is 1.000. The molecule has 0 aliphatic carbocycles. The molecule has 21 heavy (non-hydrogen) atoms. The molecule has 1 atom stereocenters. The topological polar surface area (TPSA) is 61.4 Å². The lowest BCUT2D eigenvalue weighted by molar-refractivity contribution is 0.538. The fourth-order valence-corrected chi connectivity index (χ4v) is 3.44. The first kappa shape index (κ1) is 15.8. The molecule has 1 aliphatic heterocycles. The molecule has 114 valence electrons. The summed E-state index contributed by atoms with van der Waals surface area (Å²) >= 11 is 0. The Labute approximate surface area is 126 Å². The van der Waals surface area contributed by atoms with Gasteiger partial charge in [0, 0.05) is 31.9 Å². The molecule has 1 aromatic carbocycles. The molecule has 0 aromatic heterocycles. The monoisotopic (exact) mass is 307 g/mol. The molecule has 1 aromatic rings. The van der Waals surface area contributed by atoms with Crippen LogP contribution in [0.1, 0.15) is 13.8 Å². The zero-order valence-corrected chi connectivity index (χ0v) is 13.2. The minimum atomic E-state index is -3.39. The molecule has 1 heterocycles. The summed E-state index contributed by atoms with van der Waals surface area (Å²) in [5.74, 6) is 6.13. The largest absolute Gasteiger partial charge is 0.355 e.